The van der Waals surface area contributed by atoms with Crippen molar-refractivity contribution in [2.24, 2.45) is 0 Å². The average molecular weight is 279 g/mol. The molecule has 2 N–H and O–H groups in total. The van der Waals surface area contributed by atoms with E-state index in [1.54, 1.807) is 25.1 Å². The Balaban J connectivity index is 2.39. The predicted molar refractivity (Wildman–Crippen MR) is 72.9 cm³/mol. The maximum Gasteiger partial charge on any atom is 0.182 e. The lowest BCUT2D eigenvalue weighted by Gasteiger charge is -2.09. The fraction of sp³-hybridized carbons (Fsp3) is 0.143. The number of rotatable bonds is 3. The van der Waals surface area contributed by atoms with Gasteiger partial charge in [0.2, 0.25) is 0 Å². The van der Waals surface area contributed by atoms with E-state index in [2.05, 4.69) is 0 Å². The van der Waals surface area contributed by atoms with Crippen molar-refractivity contribution in [2.75, 3.05) is 5.73 Å². The zero-order valence-electron chi connectivity index (χ0n) is 10.4. The van der Waals surface area contributed by atoms with Crippen molar-refractivity contribution in [3.8, 4) is 0 Å². The summed E-state index contributed by atoms with van der Waals surface area (Å²) in [5, 5.41) is 0. The SMILES string of the molecule is Cc1c(N)cccc1CS(=O)(=O)c1cccc(F)c1. The lowest BCUT2D eigenvalue weighted by molar-refractivity contribution is 0.590. The van der Waals surface area contributed by atoms with Gasteiger partial charge in [-0.2, -0.15) is 0 Å². The summed E-state index contributed by atoms with van der Waals surface area (Å²) in [6.45, 7) is 1.77. The van der Waals surface area contributed by atoms with Gasteiger partial charge in [-0.25, -0.2) is 12.8 Å². The first-order chi connectivity index (χ1) is 8.90. The third-order valence-electron chi connectivity index (χ3n) is 2.99. The third kappa shape index (κ3) is 2.93. The fourth-order valence-electron chi connectivity index (χ4n) is 1.81. The Labute approximate surface area is 111 Å². The second-order valence-electron chi connectivity index (χ2n) is 4.35. The summed E-state index contributed by atoms with van der Waals surface area (Å²) in [5.41, 5.74) is 7.66. The molecule has 0 saturated carbocycles. The van der Waals surface area contributed by atoms with Crippen molar-refractivity contribution >= 4 is 15.5 Å². The first-order valence-corrected chi connectivity index (χ1v) is 7.37. The van der Waals surface area contributed by atoms with Crippen LogP contribution in [0.15, 0.2) is 47.4 Å². The monoisotopic (exact) mass is 279 g/mol. The van der Waals surface area contributed by atoms with E-state index in [0.29, 0.717) is 11.3 Å². The minimum Gasteiger partial charge on any atom is -0.399 e. The maximum absolute atomic E-state index is 13.1. The first kappa shape index (κ1) is 13.5. The van der Waals surface area contributed by atoms with Gasteiger partial charge in [0.1, 0.15) is 5.82 Å². The molecule has 0 aliphatic rings. The van der Waals surface area contributed by atoms with Crippen LogP contribution in [-0.4, -0.2) is 8.42 Å². The van der Waals surface area contributed by atoms with Gasteiger partial charge in [0.25, 0.3) is 0 Å². The van der Waals surface area contributed by atoms with Crippen LogP contribution in [0.2, 0.25) is 0 Å². The molecule has 0 atom stereocenters. The first-order valence-electron chi connectivity index (χ1n) is 5.72. The molecule has 2 aromatic rings. The molecule has 0 unspecified atom stereocenters. The molecule has 0 spiro atoms. The van der Waals surface area contributed by atoms with Gasteiger partial charge in [0.05, 0.1) is 10.6 Å². The molecule has 19 heavy (non-hydrogen) atoms. The highest BCUT2D eigenvalue weighted by molar-refractivity contribution is 7.90. The molecule has 0 radical (unpaired) electrons. The molecular weight excluding hydrogens is 265 g/mol. The molecule has 0 fully saturated rings. The van der Waals surface area contributed by atoms with Crippen LogP contribution in [0.25, 0.3) is 0 Å². The molecule has 0 aliphatic carbocycles. The number of benzene rings is 2. The topological polar surface area (TPSA) is 60.2 Å². The highest BCUT2D eigenvalue weighted by Gasteiger charge is 2.17. The molecule has 0 amide bonds. The van der Waals surface area contributed by atoms with E-state index in [9.17, 15) is 12.8 Å². The Bertz CT molecular complexity index is 711. The molecule has 5 heteroatoms. The van der Waals surface area contributed by atoms with Crippen LogP contribution in [0.4, 0.5) is 10.1 Å². The molecule has 100 valence electrons. The Hall–Kier alpha value is -1.88. The molecule has 0 heterocycles. The van der Waals surface area contributed by atoms with Gasteiger partial charge >= 0.3 is 0 Å². The zero-order valence-corrected chi connectivity index (χ0v) is 11.2. The van der Waals surface area contributed by atoms with Crippen LogP contribution < -0.4 is 5.73 Å². The second-order valence-corrected chi connectivity index (χ2v) is 6.34. The minimum atomic E-state index is -3.57. The van der Waals surface area contributed by atoms with Crippen LogP contribution in [0, 0.1) is 12.7 Å². The van der Waals surface area contributed by atoms with Crippen LogP contribution in [0.3, 0.4) is 0 Å². The van der Waals surface area contributed by atoms with Gasteiger partial charge in [0, 0.05) is 5.69 Å². The Kier molecular flexibility index (Phi) is 3.57. The van der Waals surface area contributed by atoms with Crippen molar-refractivity contribution in [1.29, 1.82) is 0 Å². The summed E-state index contributed by atoms with van der Waals surface area (Å²) >= 11 is 0. The smallest absolute Gasteiger partial charge is 0.182 e. The van der Waals surface area contributed by atoms with Crippen LogP contribution in [0.1, 0.15) is 11.1 Å². The quantitative estimate of drug-likeness (QED) is 0.879. The van der Waals surface area contributed by atoms with Crippen molar-refractivity contribution in [3.63, 3.8) is 0 Å². The largest absolute Gasteiger partial charge is 0.399 e. The highest BCUT2D eigenvalue weighted by atomic mass is 32.2. The van der Waals surface area contributed by atoms with E-state index in [0.717, 1.165) is 11.6 Å². The lowest BCUT2D eigenvalue weighted by Crippen LogP contribution is -2.07. The standard InChI is InChI=1S/C14H14FNO2S/c1-10-11(4-2-7-14(10)16)9-19(17,18)13-6-3-5-12(15)8-13/h2-8H,9,16H2,1H3. The molecule has 0 bridgehead atoms. The van der Waals surface area contributed by atoms with Gasteiger partial charge < -0.3 is 5.73 Å². The summed E-state index contributed by atoms with van der Waals surface area (Å²) in [6.07, 6.45) is 0. The fourth-order valence-corrected chi connectivity index (χ4v) is 3.28. The Morgan fingerprint density at radius 3 is 2.53 bits per heavy atom. The summed E-state index contributed by atoms with van der Waals surface area (Å²) in [7, 11) is -3.57. The van der Waals surface area contributed by atoms with E-state index in [1.807, 2.05) is 0 Å². The normalized spacial score (nSPS) is 11.5. The molecule has 2 aromatic carbocycles. The van der Waals surface area contributed by atoms with Gasteiger partial charge in [-0.1, -0.05) is 18.2 Å². The zero-order chi connectivity index (χ0) is 14.0. The molecular formula is C14H14FNO2S. The number of hydrogen-bond acceptors (Lipinski definition) is 3. The maximum atomic E-state index is 13.1. The number of nitrogen functional groups attached to an aromatic ring is 1. The number of halogens is 1. The van der Waals surface area contributed by atoms with Crippen molar-refractivity contribution in [2.45, 2.75) is 17.6 Å². The van der Waals surface area contributed by atoms with E-state index >= 15 is 0 Å². The Morgan fingerprint density at radius 1 is 1.16 bits per heavy atom. The molecule has 2 rings (SSSR count). The van der Waals surface area contributed by atoms with Crippen LogP contribution in [0.5, 0.6) is 0 Å². The lowest BCUT2D eigenvalue weighted by atomic mass is 10.1. The van der Waals surface area contributed by atoms with Crippen LogP contribution in [-0.2, 0) is 15.6 Å². The number of anilines is 1. The van der Waals surface area contributed by atoms with Crippen molar-refractivity contribution in [3.05, 3.63) is 59.4 Å². The van der Waals surface area contributed by atoms with Gasteiger partial charge in [-0.3, -0.25) is 0 Å². The van der Waals surface area contributed by atoms with E-state index < -0.39 is 15.7 Å². The number of nitrogens with two attached hydrogens (primary N) is 1. The summed E-state index contributed by atoms with van der Waals surface area (Å²) in [4.78, 5) is -0.0191. The summed E-state index contributed by atoms with van der Waals surface area (Å²) in [6, 6.07) is 10.1. The Morgan fingerprint density at radius 2 is 1.84 bits per heavy atom. The predicted octanol–water partition coefficient (Wildman–Crippen LogP) is 2.69. The van der Waals surface area contributed by atoms with Crippen molar-refractivity contribution in [1.82, 2.24) is 0 Å². The van der Waals surface area contributed by atoms with E-state index in [1.165, 1.54) is 18.2 Å². The third-order valence-corrected chi connectivity index (χ3v) is 4.65. The summed E-state index contributed by atoms with van der Waals surface area (Å²) in [5.74, 6) is -0.752. The molecule has 0 aromatic heterocycles. The average Bonchev–Trinajstić information content (AvgIpc) is 2.35. The van der Waals surface area contributed by atoms with Gasteiger partial charge in [-0.15, -0.1) is 0 Å². The molecule has 0 saturated heterocycles. The number of sulfone groups is 1. The van der Waals surface area contributed by atoms with Crippen LogP contribution >= 0.6 is 0 Å². The van der Waals surface area contributed by atoms with E-state index in [-0.39, 0.29) is 10.6 Å². The van der Waals surface area contributed by atoms with E-state index in [4.69, 9.17) is 5.73 Å². The van der Waals surface area contributed by atoms with Gasteiger partial charge in [-0.05, 0) is 42.3 Å². The summed E-state index contributed by atoms with van der Waals surface area (Å²) < 4.78 is 37.5. The van der Waals surface area contributed by atoms with Crippen molar-refractivity contribution < 1.29 is 12.8 Å². The van der Waals surface area contributed by atoms with Gasteiger partial charge in [0.15, 0.2) is 9.84 Å². The minimum absolute atomic E-state index is 0.0191. The second kappa shape index (κ2) is 5.01. The number of hydrogen-bond donors (Lipinski definition) is 1. The molecule has 3 nitrogen and oxygen atoms in total. The molecule has 0 aliphatic heterocycles. The highest BCUT2D eigenvalue weighted by Crippen LogP contribution is 2.22.